The Balaban J connectivity index is 0.00000261. The van der Waals surface area contributed by atoms with E-state index in [1.165, 1.54) is 5.56 Å². The first-order valence-electron chi connectivity index (χ1n) is 9.06. The molecular formula is C21H26ClN3O2. The molecule has 0 aliphatic carbocycles. The Bertz CT molecular complexity index is 765. The number of benzene rings is 2. The third-order valence-corrected chi connectivity index (χ3v) is 4.88. The van der Waals surface area contributed by atoms with Gasteiger partial charge in [0, 0.05) is 31.2 Å². The molecule has 27 heavy (non-hydrogen) atoms. The molecule has 6 heteroatoms. The molecule has 3 rings (SSSR count). The number of hydrogen-bond donors (Lipinski definition) is 2. The molecule has 0 aromatic heterocycles. The van der Waals surface area contributed by atoms with E-state index in [1.807, 2.05) is 54.6 Å². The second-order valence-electron chi connectivity index (χ2n) is 6.69. The lowest BCUT2D eigenvalue weighted by Crippen LogP contribution is -2.37. The Morgan fingerprint density at radius 3 is 2.48 bits per heavy atom. The second-order valence-corrected chi connectivity index (χ2v) is 6.69. The summed E-state index contributed by atoms with van der Waals surface area (Å²) < 4.78 is 0. The lowest BCUT2D eigenvalue weighted by Gasteiger charge is -2.18. The minimum absolute atomic E-state index is 0. The minimum atomic E-state index is -0.337. The van der Waals surface area contributed by atoms with Crippen molar-refractivity contribution in [3.05, 3.63) is 65.7 Å². The SMILES string of the molecule is CCc1ccc(N2CC(C(=O)NCC(N)c3ccccc3)CC2=O)cc1.Cl. The van der Waals surface area contributed by atoms with Crippen molar-refractivity contribution in [2.75, 3.05) is 18.0 Å². The van der Waals surface area contributed by atoms with E-state index in [0.717, 1.165) is 17.7 Å². The van der Waals surface area contributed by atoms with Gasteiger partial charge >= 0.3 is 0 Å². The van der Waals surface area contributed by atoms with Crippen molar-refractivity contribution >= 4 is 29.9 Å². The van der Waals surface area contributed by atoms with Crippen molar-refractivity contribution < 1.29 is 9.59 Å². The number of halogens is 1. The average Bonchev–Trinajstić information content (AvgIpc) is 3.08. The topological polar surface area (TPSA) is 75.4 Å². The van der Waals surface area contributed by atoms with Crippen LogP contribution in [0.1, 0.15) is 30.5 Å². The zero-order valence-corrected chi connectivity index (χ0v) is 16.2. The van der Waals surface area contributed by atoms with E-state index >= 15 is 0 Å². The first kappa shape index (κ1) is 20.9. The van der Waals surface area contributed by atoms with Crippen LogP contribution in [0.2, 0.25) is 0 Å². The summed E-state index contributed by atoms with van der Waals surface area (Å²) in [6, 6.07) is 17.3. The van der Waals surface area contributed by atoms with E-state index in [-0.39, 0.29) is 42.6 Å². The van der Waals surface area contributed by atoms with Crippen molar-refractivity contribution in [1.29, 1.82) is 0 Å². The molecule has 1 saturated heterocycles. The monoisotopic (exact) mass is 387 g/mol. The summed E-state index contributed by atoms with van der Waals surface area (Å²) in [6.07, 6.45) is 1.20. The van der Waals surface area contributed by atoms with Gasteiger partial charge in [-0.1, -0.05) is 49.4 Å². The van der Waals surface area contributed by atoms with Gasteiger partial charge in [0.1, 0.15) is 0 Å². The van der Waals surface area contributed by atoms with Crippen LogP contribution in [0.5, 0.6) is 0 Å². The lowest BCUT2D eigenvalue weighted by molar-refractivity contribution is -0.126. The largest absolute Gasteiger partial charge is 0.354 e. The molecule has 0 bridgehead atoms. The molecule has 1 aliphatic heterocycles. The molecule has 3 N–H and O–H groups in total. The maximum Gasteiger partial charge on any atom is 0.227 e. The number of nitrogens with two attached hydrogens (primary N) is 1. The normalized spacial score (nSPS) is 17.3. The zero-order valence-electron chi connectivity index (χ0n) is 15.4. The Morgan fingerprint density at radius 2 is 1.85 bits per heavy atom. The molecule has 2 aromatic rings. The molecule has 0 radical (unpaired) electrons. The third kappa shape index (κ3) is 5.08. The van der Waals surface area contributed by atoms with E-state index in [2.05, 4.69) is 12.2 Å². The van der Waals surface area contributed by atoms with Crippen molar-refractivity contribution in [1.82, 2.24) is 5.32 Å². The fraction of sp³-hybridized carbons (Fsp3) is 0.333. The number of carbonyl (C=O) groups excluding carboxylic acids is 2. The maximum atomic E-state index is 12.5. The van der Waals surface area contributed by atoms with E-state index < -0.39 is 0 Å². The van der Waals surface area contributed by atoms with Crippen LogP contribution in [0.3, 0.4) is 0 Å². The first-order valence-corrected chi connectivity index (χ1v) is 9.06. The molecular weight excluding hydrogens is 362 g/mol. The van der Waals surface area contributed by atoms with Gasteiger partial charge in [-0.25, -0.2) is 0 Å². The molecule has 5 nitrogen and oxygen atoms in total. The summed E-state index contributed by atoms with van der Waals surface area (Å²) in [5, 5.41) is 2.89. The molecule has 2 aromatic carbocycles. The molecule has 0 saturated carbocycles. The number of carbonyl (C=O) groups is 2. The fourth-order valence-electron chi connectivity index (χ4n) is 3.22. The van der Waals surface area contributed by atoms with Crippen molar-refractivity contribution in [3.8, 4) is 0 Å². The molecule has 1 heterocycles. The Hall–Kier alpha value is -2.37. The number of rotatable bonds is 6. The smallest absolute Gasteiger partial charge is 0.227 e. The van der Waals surface area contributed by atoms with Crippen LogP contribution in [-0.2, 0) is 16.0 Å². The van der Waals surface area contributed by atoms with Gasteiger partial charge < -0.3 is 16.0 Å². The number of nitrogens with one attached hydrogen (secondary N) is 1. The maximum absolute atomic E-state index is 12.5. The Labute approximate surface area is 166 Å². The first-order chi connectivity index (χ1) is 12.6. The number of hydrogen-bond acceptors (Lipinski definition) is 3. The van der Waals surface area contributed by atoms with Gasteiger partial charge in [0.2, 0.25) is 11.8 Å². The van der Waals surface area contributed by atoms with Crippen LogP contribution in [0, 0.1) is 5.92 Å². The highest BCUT2D eigenvalue weighted by Gasteiger charge is 2.35. The predicted molar refractivity (Wildman–Crippen MR) is 110 cm³/mol. The summed E-state index contributed by atoms with van der Waals surface area (Å²) in [5.41, 5.74) is 9.18. The predicted octanol–water partition coefficient (Wildman–Crippen LogP) is 2.84. The van der Waals surface area contributed by atoms with Gasteiger partial charge in [-0.05, 0) is 29.7 Å². The van der Waals surface area contributed by atoms with E-state index in [9.17, 15) is 9.59 Å². The quantitative estimate of drug-likeness (QED) is 0.800. The number of amides is 2. The van der Waals surface area contributed by atoms with Crippen LogP contribution in [0.25, 0.3) is 0 Å². The van der Waals surface area contributed by atoms with Crippen LogP contribution in [0.15, 0.2) is 54.6 Å². The van der Waals surface area contributed by atoms with Crippen LogP contribution in [-0.4, -0.2) is 24.9 Å². The molecule has 2 unspecified atom stereocenters. The second kappa shape index (κ2) is 9.53. The molecule has 2 atom stereocenters. The standard InChI is InChI=1S/C21H25N3O2.ClH/c1-2-15-8-10-18(11-9-15)24-14-17(12-20(24)25)21(26)23-13-19(22)16-6-4-3-5-7-16;/h3-11,17,19H,2,12-14,22H2,1H3,(H,23,26);1H. The molecule has 1 fully saturated rings. The van der Waals surface area contributed by atoms with Gasteiger partial charge in [-0.15, -0.1) is 12.4 Å². The minimum Gasteiger partial charge on any atom is -0.354 e. The zero-order chi connectivity index (χ0) is 18.5. The molecule has 0 spiro atoms. The average molecular weight is 388 g/mol. The van der Waals surface area contributed by atoms with Crippen LogP contribution >= 0.6 is 12.4 Å². The Morgan fingerprint density at radius 1 is 1.19 bits per heavy atom. The number of anilines is 1. The van der Waals surface area contributed by atoms with E-state index in [1.54, 1.807) is 4.90 Å². The summed E-state index contributed by atoms with van der Waals surface area (Å²) in [5.74, 6) is -0.463. The van der Waals surface area contributed by atoms with Crippen molar-refractivity contribution in [2.24, 2.45) is 11.7 Å². The summed E-state index contributed by atoms with van der Waals surface area (Å²) in [7, 11) is 0. The number of aryl methyl sites for hydroxylation is 1. The van der Waals surface area contributed by atoms with Gasteiger partial charge in [0.05, 0.1) is 5.92 Å². The number of nitrogens with zero attached hydrogens (tertiary/aromatic N) is 1. The third-order valence-electron chi connectivity index (χ3n) is 4.88. The summed E-state index contributed by atoms with van der Waals surface area (Å²) in [4.78, 5) is 26.5. The van der Waals surface area contributed by atoms with Crippen LogP contribution in [0.4, 0.5) is 5.69 Å². The highest BCUT2D eigenvalue weighted by atomic mass is 35.5. The lowest BCUT2D eigenvalue weighted by atomic mass is 10.1. The van der Waals surface area contributed by atoms with Crippen molar-refractivity contribution in [2.45, 2.75) is 25.8 Å². The molecule has 1 aliphatic rings. The summed E-state index contributed by atoms with van der Waals surface area (Å²) in [6.45, 7) is 2.87. The van der Waals surface area contributed by atoms with Crippen LogP contribution < -0.4 is 16.0 Å². The highest BCUT2D eigenvalue weighted by Crippen LogP contribution is 2.25. The highest BCUT2D eigenvalue weighted by molar-refractivity contribution is 6.00. The van der Waals surface area contributed by atoms with Gasteiger partial charge in [0.15, 0.2) is 0 Å². The van der Waals surface area contributed by atoms with E-state index in [4.69, 9.17) is 5.73 Å². The molecule has 2 amide bonds. The van der Waals surface area contributed by atoms with Crippen molar-refractivity contribution in [3.63, 3.8) is 0 Å². The molecule has 144 valence electrons. The fourth-order valence-corrected chi connectivity index (χ4v) is 3.22. The summed E-state index contributed by atoms with van der Waals surface area (Å²) >= 11 is 0. The van der Waals surface area contributed by atoms with E-state index in [0.29, 0.717) is 13.1 Å². The van der Waals surface area contributed by atoms with Gasteiger partial charge in [0.25, 0.3) is 0 Å². The van der Waals surface area contributed by atoms with Gasteiger partial charge in [-0.3, -0.25) is 9.59 Å². The Kier molecular flexibility index (Phi) is 7.39. The van der Waals surface area contributed by atoms with Gasteiger partial charge in [-0.2, -0.15) is 0 Å².